The van der Waals surface area contributed by atoms with Crippen molar-refractivity contribution < 1.29 is 13.9 Å². The van der Waals surface area contributed by atoms with E-state index in [1.165, 1.54) is 7.11 Å². The van der Waals surface area contributed by atoms with Crippen molar-refractivity contribution in [3.8, 4) is 0 Å². The van der Waals surface area contributed by atoms with Crippen LogP contribution in [0, 0.1) is 0 Å². The van der Waals surface area contributed by atoms with Crippen molar-refractivity contribution >= 4 is 32.9 Å². The zero-order chi connectivity index (χ0) is 11.7. The van der Waals surface area contributed by atoms with Crippen molar-refractivity contribution in [3.63, 3.8) is 0 Å². The molecule has 0 aliphatic rings. The molecule has 0 aliphatic heterocycles. The SMILES string of the molecule is COC(=O)C(N)c1cc2ccc(Br)cc2o1. The Bertz CT molecular complexity index is 535. The van der Waals surface area contributed by atoms with Gasteiger partial charge in [0.05, 0.1) is 7.11 Å². The van der Waals surface area contributed by atoms with Crippen LogP contribution in [-0.2, 0) is 9.53 Å². The molecule has 0 bridgehead atoms. The van der Waals surface area contributed by atoms with Crippen LogP contribution in [0.4, 0.5) is 0 Å². The lowest BCUT2D eigenvalue weighted by Gasteiger charge is -2.04. The van der Waals surface area contributed by atoms with E-state index in [-0.39, 0.29) is 0 Å². The van der Waals surface area contributed by atoms with E-state index in [0.29, 0.717) is 11.3 Å². The number of benzene rings is 1. The highest BCUT2D eigenvalue weighted by atomic mass is 79.9. The molecule has 4 nitrogen and oxygen atoms in total. The van der Waals surface area contributed by atoms with Crippen LogP contribution in [0.25, 0.3) is 11.0 Å². The first kappa shape index (κ1) is 11.2. The number of ether oxygens (including phenoxy) is 1. The molecule has 0 amide bonds. The van der Waals surface area contributed by atoms with Crippen molar-refractivity contribution in [3.05, 3.63) is 34.5 Å². The second-order valence-electron chi connectivity index (χ2n) is 3.33. The van der Waals surface area contributed by atoms with E-state index >= 15 is 0 Å². The fourth-order valence-electron chi connectivity index (χ4n) is 1.42. The number of halogens is 1. The third-order valence-electron chi connectivity index (χ3n) is 2.26. The maximum absolute atomic E-state index is 11.2. The first-order valence-corrected chi connectivity index (χ1v) is 5.43. The number of esters is 1. The van der Waals surface area contributed by atoms with Crippen molar-refractivity contribution in [2.24, 2.45) is 5.73 Å². The van der Waals surface area contributed by atoms with E-state index in [9.17, 15) is 4.79 Å². The molecule has 2 aromatic rings. The molecule has 0 radical (unpaired) electrons. The lowest BCUT2D eigenvalue weighted by atomic mass is 10.2. The lowest BCUT2D eigenvalue weighted by Crippen LogP contribution is -2.21. The summed E-state index contributed by atoms with van der Waals surface area (Å²) in [4.78, 5) is 11.2. The first-order valence-electron chi connectivity index (χ1n) is 4.64. The number of hydrogen-bond donors (Lipinski definition) is 1. The fraction of sp³-hybridized carbons (Fsp3) is 0.182. The van der Waals surface area contributed by atoms with Crippen LogP contribution in [0.1, 0.15) is 11.8 Å². The Hall–Kier alpha value is -1.33. The van der Waals surface area contributed by atoms with Crippen molar-refractivity contribution in [1.82, 2.24) is 0 Å². The van der Waals surface area contributed by atoms with Crippen LogP contribution in [0.3, 0.4) is 0 Å². The topological polar surface area (TPSA) is 65.5 Å². The number of nitrogens with two attached hydrogens (primary N) is 1. The summed E-state index contributed by atoms with van der Waals surface area (Å²) in [6.07, 6.45) is 0. The number of fused-ring (bicyclic) bond motifs is 1. The van der Waals surface area contributed by atoms with Gasteiger partial charge < -0.3 is 14.9 Å². The molecule has 0 aliphatic carbocycles. The minimum absolute atomic E-state index is 0.403. The van der Waals surface area contributed by atoms with Gasteiger partial charge in [0.2, 0.25) is 0 Å². The Labute approximate surface area is 100 Å². The zero-order valence-electron chi connectivity index (χ0n) is 8.57. The van der Waals surface area contributed by atoms with Gasteiger partial charge in [0, 0.05) is 9.86 Å². The van der Waals surface area contributed by atoms with Gasteiger partial charge in [-0.25, -0.2) is 4.79 Å². The summed E-state index contributed by atoms with van der Waals surface area (Å²) in [5, 5.41) is 0.901. The molecule has 1 atom stereocenters. The van der Waals surface area contributed by atoms with E-state index in [1.54, 1.807) is 6.07 Å². The predicted octanol–water partition coefficient (Wildman–Crippen LogP) is 2.37. The molecule has 0 saturated carbocycles. The third-order valence-corrected chi connectivity index (χ3v) is 2.76. The minimum Gasteiger partial charge on any atom is -0.468 e. The number of furan rings is 1. The lowest BCUT2D eigenvalue weighted by molar-refractivity contribution is -0.142. The summed E-state index contributed by atoms with van der Waals surface area (Å²) < 4.78 is 10.9. The minimum atomic E-state index is -0.879. The van der Waals surface area contributed by atoms with Gasteiger partial charge in [-0.2, -0.15) is 0 Å². The number of carbonyl (C=O) groups excluding carboxylic acids is 1. The monoisotopic (exact) mass is 283 g/mol. The Morgan fingerprint density at radius 2 is 2.25 bits per heavy atom. The summed E-state index contributed by atoms with van der Waals surface area (Å²) >= 11 is 3.34. The Kier molecular flexibility index (Phi) is 2.98. The van der Waals surface area contributed by atoms with Gasteiger partial charge in [-0.1, -0.05) is 15.9 Å². The maximum Gasteiger partial charge on any atom is 0.330 e. The highest BCUT2D eigenvalue weighted by molar-refractivity contribution is 9.10. The second kappa shape index (κ2) is 4.27. The standard InChI is InChI=1S/C11H10BrNO3/c1-15-11(14)10(13)9-4-6-2-3-7(12)5-8(6)16-9/h2-5,10H,13H2,1H3. The number of rotatable bonds is 2. The van der Waals surface area contributed by atoms with Crippen molar-refractivity contribution in [2.45, 2.75) is 6.04 Å². The Morgan fingerprint density at radius 3 is 2.94 bits per heavy atom. The molecule has 1 heterocycles. The van der Waals surface area contributed by atoms with Crippen LogP contribution >= 0.6 is 15.9 Å². The maximum atomic E-state index is 11.2. The van der Waals surface area contributed by atoms with E-state index in [1.807, 2.05) is 18.2 Å². The summed E-state index contributed by atoms with van der Waals surface area (Å²) in [5.74, 6) is -0.113. The van der Waals surface area contributed by atoms with Crippen molar-refractivity contribution in [1.29, 1.82) is 0 Å². The molecular formula is C11H10BrNO3. The number of methoxy groups -OCH3 is 1. The highest BCUT2D eigenvalue weighted by Gasteiger charge is 2.20. The average molecular weight is 284 g/mol. The molecule has 0 spiro atoms. The molecule has 84 valence electrons. The van der Waals surface area contributed by atoms with E-state index < -0.39 is 12.0 Å². The molecule has 1 aromatic heterocycles. The molecule has 1 unspecified atom stereocenters. The first-order chi connectivity index (χ1) is 7.61. The highest BCUT2D eigenvalue weighted by Crippen LogP contribution is 2.26. The third kappa shape index (κ3) is 1.96. The number of carbonyl (C=O) groups is 1. The molecular weight excluding hydrogens is 274 g/mol. The Balaban J connectivity index is 2.43. The number of hydrogen-bond acceptors (Lipinski definition) is 4. The molecule has 0 saturated heterocycles. The van der Waals surface area contributed by atoms with E-state index in [4.69, 9.17) is 10.2 Å². The molecule has 2 N–H and O–H groups in total. The van der Waals surface area contributed by atoms with Crippen LogP contribution in [0.15, 0.2) is 33.2 Å². The van der Waals surface area contributed by atoms with Gasteiger partial charge in [0.25, 0.3) is 0 Å². The van der Waals surface area contributed by atoms with E-state index in [2.05, 4.69) is 20.7 Å². The van der Waals surface area contributed by atoms with E-state index in [0.717, 1.165) is 9.86 Å². The molecule has 1 aromatic carbocycles. The van der Waals surface area contributed by atoms with Gasteiger partial charge in [-0.15, -0.1) is 0 Å². The largest absolute Gasteiger partial charge is 0.468 e. The smallest absolute Gasteiger partial charge is 0.330 e. The summed E-state index contributed by atoms with van der Waals surface area (Å²) in [5.41, 5.74) is 6.35. The predicted molar refractivity (Wildman–Crippen MR) is 62.9 cm³/mol. The van der Waals surface area contributed by atoms with Gasteiger partial charge in [-0.05, 0) is 24.3 Å². The Morgan fingerprint density at radius 1 is 1.50 bits per heavy atom. The van der Waals surface area contributed by atoms with Crippen LogP contribution in [0.5, 0.6) is 0 Å². The van der Waals surface area contributed by atoms with Gasteiger partial charge in [0.15, 0.2) is 6.04 Å². The summed E-state index contributed by atoms with van der Waals surface area (Å²) in [6, 6.07) is 6.46. The molecule has 16 heavy (non-hydrogen) atoms. The fourth-order valence-corrected chi connectivity index (χ4v) is 1.76. The van der Waals surface area contributed by atoms with Gasteiger partial charge in [0.1, 0.15) is 11.3 Å². The van der Waals surface area contributed by atoms with Gasteiger partial charge in [-0.3, -0.25) is 0 Å². The molecule has 2 rings (SSSR count). The molecule has 0 fully saturated rings. The second-order valence-corrected chi connectivity index (χ2v) is 4.25. The van der Waals surface area contributed by atoms with Crippen LogP contribution < -0.4 is 5.73 Å². The normalized spacial score (nSPS) is 12.7. The van der Waals surface area contributed by atoms with Crippen LogP contribution in [0.2, 0.25) is 0 Å². The molecule has 5 heteroatoms. The summed E-state index contributed by atoms with van der Waals surface area (Å²) in [7, 11) is 1.29. The quantitative estimate of drug-likeness (QED) is 0.860. The summed E-state index contributed by atoms with van der Waals surface area (Å²) in [6.45, 7) is 0. The van der Waals surface area contributed by atoms with Gasteiger partial charge >= 0.3 is 5.97 Å². The van der Waals surface area contributed by atoms with Crippen LogP contribution in [-0.4, -0.2) is 13.1 Å². The van der Waals surface area contributed by atoms with Crippen molar-refractivity contribution in [2.75, 3.05) is 7.11 Å². The zero-order valence-corrected chi connectivity index (χ0v) is 10.2. The average Bonchev–Trinajstić information content (AvgIpc) is 2.69.